The van der Waals surface area contributed by atoms with Crippen molar-refractivity contribution in [2.45, 2.75) is 32.9 Å². The SMILES string of the molecule is COc1cc(CN2CCN(CC(C)C)[C@@H](CCO)C2)cc(OC)c1OC. The standard InChI is InChI=1S/C20H34N2O4/c1-15(2)12-22-8-7-21(14-17(22)6-9-23)13-16-10-18(24-3)20(26-5)19(11-16)25-4/h10-11,15,17,23H,6-9,12-14H2,1-5H3/t17-/m0/s1. The van der Waals surface area contributed by atoms with E-state index in [1.807, 2.05) is 12.1 Å². The molecule has 0 spiro atoms. The normalized spacial score (nSPS) is 19.0. The number of aliphatic hydroxyl groups is 1. The highest BCUT2D eigenvalue weighted by molar-refractivity contribution is 5.53. The molecule has 1 atom stereocenters. The fraction of sp³-hybridized carbons (Fsp3) is 0.700. The number of hydrogen-bond donors (Lipinski definition) is 1. The van der Waals surface area contributed by atoms with Gasteiger partial charge in [0.1, 0.15) is 0 Å². The van der Waals surface area contributed by atoms with Crippen molar-refractivity contribution >= 4 is 0 Å². The van der Waals surface area contributed by atoms with E-state index in [0.717, 1.165) is 44.7 Å². The van der Waals surface area contributed by atoms with Crippen LogP contribution < -0.4 is 14.2 Å². The molecule has 0 radical (unpaired) electrons. The summed E-state index contributed by atoms with van der Waals surface area (Å²) in [6, 6.07) is 4.43. The number of rotatable bonds is 9. The number of piperazine rings is 1. The average Bonchev–Trinajstić information content (AvgIpc) is 2.62. The fourth-order valence-electron chi connectivity index (χ4n) is 3.72. The highest BCUT2D eigenvalue weighted by atomic mass is 16.5. The summed E-state index contributed by atoms with van der Waals surface area (Å²) in [5.74, 6) is 2.64. The van der Waals surface area contributed by atoms with Gasteiger partial charge in [-0.05, 0) is 30.0 Å². The summed E-state index contributed by atoms with van der Waals surface area (Å²) in [6.07, 6.45) is 0.818. The molecule has 1 fully saturated rings. The largest absolute Gasteiger partial charge is 0.493 e. The molecule has 6 heteroatoms. The lowest BCUT2D eigenvalue weighted by atomic mass is 10.0. The van der Waals surface area contributed by atoms with Crippen LogP contribution in [0, 0.1) is 5.92 Å². The smallest absolute Gasteiger partial charge is 0.203 e. The Labute approximate surface area is 157 Å². The van der Waals surface area contributed by atoms with E-state index in [2.05, 4.69) is 23.6 Å². The molecule has 6 nitrogen and oxygen atoms in total. The van der Waals surface area contributed by atoms with E-state index in [9.17, 15) is 5.11 Å². The van der Waals surface area contributed by atoms with Crippen LogP contribution in [0.4, 0.5) is 0 Å². The maximum atomic E-state index is 9.45. The van der Waals surface area contributed by atoms with Crippen LogP contribution in [0.1, 0.15) is 25.8 Å². The van der Waals surface area contributed by atoms with Crippen LogP contribution in [0.2, 0.25) is 0 Å². The van der Waals surface area contributed by atoms with E-state index in [-0.39, 0.29) is 6.61 Å². The molecule has 26 heavy (non-hydrogen) atoms. The summed E-state index contributed by atoms with van der Waals surface area (Å²) in [6.45, 7) is 9.66. The number of hydrogen-bond acceptors (Lipinski definition) is 6. The zero-order chi connectivity index (χ0) is 19.1. The zero-order valence-electron chi connectivity index (χ0n) is 16.8. The van der Waals surface area contributed by atoms with Gasteiger partial charge in [-0.2, -0.15) is 0 Å². The maximum Gasteiger partial charge on any atom is 0.203 e. The van der Waals surface area contributed by atoms with Crippen molar-refractivity contribution in [3.8, 4) is 17.2 Å². The fourth-order valence-corrected chi connectivity index (χ4v) is 3.72. The summed E-state index contributed by atoms with van der Waals surface area (Å²) in [7, 11) is 4.90. The van der Waals surface area contributed by atoms with Crippen LogP contribution in [-0.4, -0.2) is 75.1 Å². The summed E-state index contributed by atoms with van der Waals surface area (Å²) < 4.78 is 16.3. The predicted molar refractivity (Wildman–Crippen MR) is 103 cm³/mol. The van der Waals surface area contributed by atoms with Crippen molar-refractivity contribution in [3.05, 3.63) is 17.7 Å². The first-order chi connectivity index (χ1) is 12.5. The third kappa shape index (κ3) is 5.25. The molecule has 0 aromatic heterocycles. The molecular formula is C20H34N2O4. The van der Waals surface area contributed by atoms with E-state index in [4.69, 9.17) is 14.2 Å². The average molecular weight is 367 g/mol. The van der Waals surface area contributed by atoms with E-state index >= 15 is 0 Å². The molecule has 148 valence electrons. The Hall–Kier alpha value is -1.50. The molecule has 0 bridgehead atoms. The zero-order valence-corrected chi connectivity index (χ0v) is 16.8. The molecule has 1 aliphatic rings. The molecule has 1 saturated heterocycles. The number of benzene rings is 1. The van der Waals surface area contributed by atoms with Crippen LogP contribution >= 0.6 is 0 Å². The van der Waals surface area contributed by atoms with E-state index < -0.39 is 0 Å². The quantitative estimate of drug-likeness (QED) is 0.723. The Morgan fingerprint density at radius 1 is 1.08 bits per heavy atom. The van der Waals surface area contributed by atoms with Crippen LogP contribution in [-0.2, 0) is 6.54 Å². The molecule has 2 rings (SSSR count). The van der Waals surface area contributed by atoms with E-state index in [0.29, 0.717) is 29.2 Å². The molecule has 0 saturated carbocycles. The Kier molecular flexibility index (Phi) is 8.00. The van der Waals surface area contributed by atoms with Crippen LogP contribution in [0.3, 0.4) is 0 Å². The Balaban J connectivity index is 2.11. The lowest BCUT2D eigenvalue weighted by Gasteiger charge is -2.42. The summed E-state index contributed by atoms with van der Waals surface area (Å²) in [5.41, 5.74) is 1.14. The summed E-state index contributed by atoms with van der Waals surface area (Å²) >= 11 is 0. The van der Waals surface area contributed by atoms with Crippen LogP contribution in [0.25, 0.3) is 0 Å². The molecular weight excluding hydrogens is 332 g/mol. The minimum absolute atomic E-state index is 0.233. The van der Waals surface area contributed by atoms with Gasteiger partial charge >= 0.3 is 0 Å². The van der Waals surface area contributed by atoms with Gasteiger partial charge < -0.3 is 19.3 Å². The molecule has 1 aliphatic heterocycles. The number of methoxy groups -OCH3 is 3. The first-order valence-corrected chi connectivity index (χ1v) is 9.38. The number of aliphatic hydroxyl groups excluding tert-OH is 1. The van der Waals surface area contributed by atoms with Gasteiger partial charge in [0, 0.05) is 45.4 Å². The van der Waals surface area contributed by atoms with Gasteiger partial charge in [-0.3, -0.25) is 9.80 Å². The summed E-state index contributed by atoms with van der Waals surface area (Å²) in [5, 5.41) is 9.45. The maximum absolute atomic E-state index is 9.45. The van der Waals surface area contributed by atoms with Gasteiger partial charge in [0.05, 0.1) is 21.3 Å². The van der Waals surface area contributed by atoms with Crippen molar-refractivity contribution in [3.63, 3.8) is 0 Å². The monoisotopic (exact) mass is 366 g/mol. The van der Waals surface area contributed by atoms with E-state index in [1.54, 1.807) is 21.3 Å². The van der Waals surface area contributed by atoms with Gasteiger partial charge in [0.25, 0.3) is 0 Å². The second-order valence-corrected chi connectivity index (χ2v) is 7.32. The van der Waals surface area contributed by atoms with Crippen molar-refractivity contribution < 1.29 is 19.3 Å². The van der Waals surface area contributed by atoms with Gasteiger partial charge in [-0.15, -0.1) is 0 Å². The van der Waals surface area contributed by atoms with Gasteiger partial charge in [-0.25, -0.2) is 0 Å². The Bertz CT molecular complexity index is 540. The summed E-state index contributed by atoms with van der Waals surface area (Å²) in [4.78, 5) is 4.96. The molecule has 1 N–H and O–H groups in total. The molecule has 1 aromatic carbocycles. The molecule has 0 aliphatic carbocycles. The third-order valence-corrected chi connectivity index (χ3v) is 4.88. The Morgan fingerprint density at radius 2 is 1.73 bits per heavy atom. The second kappa shape index (κ2) is 10.00. The highest BCUT2D eigenvalue weighted by Crippen LogP contribution is 2.38. The lowest BCUT2D eigenvalue weighted by molar-refractivity contribution is 0.0476. The minimum atomic E-state index is 0.233. The molecule has 0 unspecified atom stereocenters. The van der Waals surface area contributed by atoms with Gasteiger partial charge in [0.2, 0.25) is 5.75 Å². The Morgan fingerprint density at radius 3 is 2.23 bits per heavy atom. The molecule has 0 amide bonds. The first kappa shape index (κ1) is 20.8. The molecule has 1 heterocycles. The van der Waals surface area contributed by atoms with Crippen LogP contribution in [0.5, 0.6) is 17.2 Å². The van der Waals surface area contributed by atoms with Gasteiger partial charge in [0.15, 0.2) is 11.5 Å². The highest BCUT2D eigenvalue weighted by Gasteiger charge is 2.27. The second-order valence-electron chi connectivity index (χ2n) is 7.32. The van der Waals surface area contributed by atoms with Crippen molar-refractivity contribution in [2.75, 3.05) is 54.1 Å². The first-order valence-electron chi connectivity index (χ1n) is 9.38. The van der Waals surface area contributed by atoms with Crippen molar-refractivity contribution in [1.29, 1.82) is 0 Å². The predicted octanol–water partition coefficient (Wildman–Crippen LogP) is 2.24. The van der Waals surface area contributed by atoms with Crippen molar-refractivity contribution in [2.24, 2.45) is 5.92 Å². The number of ether oxygens (including phenoxy) is 3. The third-order valence-electron chi connectivity index (χ3n) is 4.88. The molecule has 1 aromatic rings. The minimum Gasteiger partial charge on any atom is -0.493 e. The topological polar surface area (TPSA) is 54.4 Å². The lowest BCUT2D eigenvalue weighted by Crippen LogP contribution is -2.53. The van der Waals surface area contributed by atoms with Crippen molar-refractivity contribution in [1.82, 2.24) is 9.80 Å². The number of nitrogens with zero attached hydrogens (tertiary/aromatic N) is 2. The van der Waals surface area contributed by atoms with E-state index in [1.165, 1.54) is 0 Å². The van der Waals surface area contributed by atoms with Gasteiger partial charge in [-0.1, -0.05) is 13.8 Å². The van der Waals surface area contributed by atoms with Crippen LogP contribution in [0.15, 0.2) is 12.1 Å².